The third-order valence-corrected chi connectivity index (χ3v) is 4.05. The van der Waals surface area contributed by atoms with Crippen LogP contribution >= 0.6 is 11.6 Å². The normalized spacial score (nSPS) is 17.2. The molecule has 0 bridgehead atoms. The van der Waals surface area contributed by atoms with E-state index in [2.05, 4.69) is 15.2 Å². The van der Waals surface area contributed by atoms with Crippen LogP contribution in [0.25, 0.3) is 0 Å². The highest BCUT2D eigenvalue weighted by molar-refractivity contribution is 6.30. The molecule has 0 aliphatic heterocycles. The third-order valence-electron chi connectivity index (χ3n) is 3.81. The number of aliphatic imine (C=N–C) groups is 1. The number of halogens is 1. The van der Waals surface area contributed by atoms with Crippen molar-refractivity contribution in [3.63, 3.8) is 0 Å². The molecule has 1 aromatic carbocycles. The lowest BCUT2D eigenvalue weighted by Gasteiger charge is -2.35. The van der Waals surface area contributed by atoms with Gasteiger partial charge in [-0.05, 0) is 43.9 Å². The average Bonchev–Trinajstić information content (AvgIpc) is 2.41. The van der Waals surface area contributed by atoms with Crippen molar-refractivity contribution in [3.8, 4) is 0 Å². The van der Waals surface area contributed by atoms with Gasteiger partial charge in [0.15, 0.2) is 5.96 Å². The SMILES string of the molecule is CCNC(=NCC1(O)CCC1)N(C)Cc1cccc(Cl)c1. The lowest BCUT2D eigenvalue weighted by molar-refractivity contribution is -0.0237. The number of benzene rings is 1. The number of hydrogen-bond donors (Lipinski definition) is 2. The first kappa shape index (κ1) is 16.1. The van der Waals surface area contributed by atoms with E-state index in [1.807, 2.05) is 38.2 Å². The van der Waals surface area contributed by atoms with E-state index >= 15 is 0 Å². The van der Waals surface area contributed by atoms with E-state index in [1.165, 1.54) is 0 Å². The first-order valence-corrected chi connectivity index (χ1v) is 7.86. The van der Waals surface area contributed by atoms with E-state index in [9.17, 15) is 5.11 Å². The average molecular weight is 310 g/mol. The Labute approximate surface area is 131 Å². The maximum absolute atomic E-state index is 10.2. The topological polar surface area (TPSA) is 47.9 Å². The minimum absolute atomic E-state index is 0.467. The van der Waals surface area contributed by atoms with Gasteiger partial charge in [-0.1, -0.05) is 23.7 Å². The molecule has 21 heavy (non-hydrogen) atoms. The third kappa shape index (κ3) is 4.61. The summed E-state index contributed by atoms with van der Waals surface area (Å²) in [5.74, 6) is 0.817. The van der Waals surface area contributed by atoms with E-state index in [4.69, 9.17) is 11.6 Å². The van der Waals surface area contributed by atoms with Crippen LogP contribution in [0.1, 0.15) is 31.7 Å². The Bertz CT molecular complexity index is 500. The largest absolute Gasteiger partial charge is 0.388 e. The smallest absolute Gasteiger partial charge is 0.194 e. The number of nitrogens with zero attached hydrogens (tertiary/aromatic N) is 2. The summed E-state index contributed by atoms with van der Waals surface area (Å²) in [5, 5.41) is 14.2. The molecule has 0 atom stereocenters. The van der Waals surface area contributed by atoms with Gasteiger partial charge in [0.05, 0.1) is 12.1 Å². The molecule has 1 aliphatic carbocycles. The molecular weight excluding hydrogens is 286 g/mol. The summed E-state index contributed by atoms with van der Waals surface area (Å²) in [6.07, 6.45) is 2.81. The monoisotopic (exact) mass is 309 g/mol. The van der Waals surface area contributed by atoms with Crippen molar-refractivity contribution in [2.75, 3.05) is 20.1 Å². The minimum atomic E-state index is -0.586. The van der Waals surface area contributed by atoms with Gasteiger partial charge in [0.2, 0.25) is 0 Å². The van der Waals surface area contributed by atoms with Crippen molar-refractivity contribution in [3.05, 3.63) is 34.9 Å². The zero-order valence-corrected chi connectivity index (χ0v) is 13.5. The lowest BCUT2D eigenvalue weighted by atomic mass is 9.80. The number of guanidine groups is 1. The summed E-state index contributed by atoms with van der Waals surface area (Å²) < 4.78 is 0. The Balaban J connectivity index is 2.00. The minimum Gasteiger partial charge on any atom is -0.388 e. The quantitative estimate of drug-likeness (QED) is 0.649. The zero-order chi connectivity index (χ0) is 15.3. The number of nitrogens with one attached hydrogen (secondary N) is 1. The van der Waals surface area contributed by atoms with E-state index in [0.29, 0.717) is 6.54 Å². The molecule has 0 heterocycles. The molecule has 0 spiro atoms. The molecule has 2 N–H and O–H groups in total. The van der Waals surface area contributed by atoms with Crippen LogP contribution < -0.4 is 5.32 Å². The van der Waals surface area contributed by atoms with Gasteiger partial charge in [-0.25, -0.2) is 0 Å². The lowest BCUT2D eigenvalue weighted by Crippen LogP contribution is -2.43. The molecule has 116 valence electrons. The molecule has 2 rings (SSSR count). The molecule has 1 aliphatic rings. The highest BCUT2D eigenvalue weighted by Crippen LogP contribution is 2.31. The Hall–Kier alpha value is -1.26. The van der Waals surface area contributed by atoms with Crippen LogP contribution in [0.15, 0.2) is 29.3 Å². The van der Waals surface area contributed by atoms with Crippen LogP contribution in [0.3, 0.4) is 0 Å². The van der Waals surface area contributed by atoms with E-state index in [0.717, 1.165) is 48.9 Å². The second-order valence-corrected chi connectivity index (χ2v) is 6.17. The number of aliphatic hydroxyl groups is 1. The zero-order valence-electron chi connectivity index (χ0n) is 12.8. The van der Waals surface area contributed by atoms with Gasteiger partial charge in [0.25, 0.3) is 0 Å². The van der Waals surface area contributed by atoms with Crippen molar-refractivity contribution in [2.24, 2.45) is 4.99 Å². The van der Waals surface area contributed by atoms with Gasteiger partial charge in [-0.15, -0.1) is 0 Å². The standard InChI is InChI=1S/C16H24ClN3O/c1-3-18-15(19-12-16(21)8-5-9-16)20(2)11-13-6-4-7-14(17)10-13/h4,6-7,10,21H,3,5,8-9,11-12H2,1-2H3,(H,18,19). The molecule has 0 saturated heterocycles. The molecule has 1 aromatic rings. The Morgan fingerprint density at radius 1 is 1.48 bits per heavy atom. The Morgan fingerprint density at radius 2 is 2.24 bits per heavy atom. The molecule has 0 radical (unpaired) electrons. The van der Waals surface area contributed by atoms with Crippen LogP contribution in [0, 0.1) is 0 Å². The van der Waals surface area contributed by atoms with E-state index in [1.54, 1.807) is 0 Å². The van der Waals surface area contributed by atoms with Crippen LogP contribution in [0.5, 0.6) is 0 Å². The van der Waals surface area contributed by atoms with Crippen molar-refractivity contribution in [1.82, 2.24) is 10.2 Å². The number of hydrogen-bond acceptors (Lipinski definition) is 2. The van der Waals surface area contributed by atoms with Crippen molar-refractivity contribution in [1.29, 1.82) is 0 Å². The second kappa shape index (κ2) is 7.14. The molecule has 0 aromatic heterocycles. The van der Waals surface area contributed by atoms with Crippen LogP contribution in [0.2, 0.25) is 5.02 Å². The fourth-order valence-corrected chi connectivity index (χ4v) is 2.63. The fraction of sp³-hybridized carbons (Fsp3) is 0.562. The predicted octanol–water partition coefficient (Wildman–Crippen LogP) is 2.65. The van der Waals surface area contributed by atoms with Crippen LogP contribution in [0.4, 0.5) is 0 Å². The molecule has 4 nitrogen and oxygen atoms in total. The highest BCUT2D eigenvalue weighted by Gasteiger charge is 2.34. The van der Waals surface area contributed by atoms with E-state index < -0.39 is 5.60 Å². The predicted molar refractivity (Wildman–Crippen MR) is 87.7 cm³/mol. The Morgan fingerprint density at radius 3 is 2.81 bits per heavy atom. The summed E-state index contributed by atoms with van der Waals surface area (Å²) in [7, 11) is 1.99. The van der Waals surface area contributed by atoms with Gasteiger partial charge in [0.1, 0.15) is 0 Å². The maximum Gasteiger partial charge on any atom is 0.194 e. The molecule has 1 fully saturated rings. The fourth-order valence-electron chi connectivity index (χ4n) is 2.42. The van der Waals surface area contributed by atoms with E-state index in [-0.39, 0.29) is 0 Å². The molecule has 0 unspecified atom stereocenters. The summed E-state index contributed by atoms with van der Waals surface area (Å²) >= 11 is 6.02. The Kier molecular flexibility index (Phi) is 5.48. The summed E-state index contributed by atoms with van der Waals surface area (Å²) in [6.45, 7) is 4.04. The van der Waals surface area contributed by atoms with Gasteiger partial charge < -0.3 is 15.3 Å². The molecular formula is C16H24ClN3O. The summed E-state index contributed by atoms with van der Waals surface area (Å²) in [4.78, 5) is 6.63. The first-order chi connectivity index (χ1) is 10.0. The molecule has 5 heteroatoms. The van der Waals surface area contributed by atoms with Crippen molar-refractivity contribution < 1.29 is 5.11 Å². The highest BCUT2D eigenvalue weighted by atomic mass is 35.5. The van der Waals surface area contributed by atoms with Gasteiger partial charge in [-0.2, -0.15) is 0 Å². The molecule has 1 saturated carbocycles. The number of rotatable bonds is 5. The van der Waals surface area contributed by atoms with Crippen molar-refractivity contribution in [2.45, 2.75) is 38.3 Å². The van der Waals surface area contributed by atoms with Crippen LogP contribution in [-0.2, 0) is 6.54 Å². The molecule has 0 amide bonds. The second-order valence-electron chi connectivity index (χ2n) is 5.73. The van der Waals surface area contributed by atoms with Gasteiger partial charge in [-0.3, -0.25) is 4.99 Å². The van der Waals surface area contributed by atoms with Gasteiger partial charge in [0, 0.05) is 25.2 Å². The van der Waals surface area contributed by atoms with Gasteiger partial charge >= 0.3 is 0 Å². The summed E-state index contributed by atoms with van der Waals surface area (Å²) in [6, 6.07) is 7.83. The van der Waals surface area contributed by atoms with Crippen molar-refractivity contribution >= 4 is 17.6 Å². The van der Waals surface area contributed by atoms with Crippen LogP contribution in [-0.4, -0.2) is 41.7 Å². The maximum atomic E-state index is 10.2. The summed E-state index contributed by atoms with van der Waals surface area (Å²) in [5.41, 5.74) is 0.551. The first-order valence-electron chi connectivity index (χ1n) is 7.49.